The predicted molar refractivity (Wildman–Crippen MR) is 104 cm³/mol. The Morgan fingerprint density at radius 3 is 2.40 bits per heavy atom. The third kappa shape index (κ3) is 6.65. The lowest BCUT2D eigenvalue weighted by Gasteiger charge is -2.07. The van der Waals surface area contributed by atoms with Gasteiger partial charge in [-0.1, -0.05) is 42.0 Å². The summed E-state index contributed by atoms with van der Waals surface area (Å²) < 4.78 is 24.5. The molecular formula is C19H23NO3S2. The lowest BCUT2D eigenvalue weighted by molar-refractivity contribution is 0.102. The van der Waals surface area contributed by atoms with Gasteiger partial charge in [0.15, 0.2) is 5.78 Å². The molecule has 0 bridgehead atoms. The summed E-state index contributed by atoms with van der Waals surface area (Å²) in [6, 6.07) is 13.6. The van der Waals surface area contributed by atoms with Crippen LogP contribution in [-0.2, 0) is 16.4 Å². The summed E-state index contributed by atoms with van der Waals surface area (Å²) >= 11 is 1.56. The van der Waals surface area contributed by atoms with Gasteiger partial charge in [0, 0.05) is 17.0 Å². The van der Waals surface area contributed by atoms with Gasteiger partial charge in [-0.15, -0.1) is 11.8 Å². The third-order valence-electron chi connectivity index (χ3n) is 3.76. The average Bonchev–Trinajstić information content (AvgIpc) is 2.55. The Bertz CT molecular complexity index is 843. The lowest BCUT2D eigenvalue weighted by atomic mass is 10.1. The maximum Gasteiger partial charge on any atom is 0.208 e. The Hall–Kier alpha value is -1.63. The van der Waals surface area contributed by atoms with E-state index < -0.39 is 10.0 Å². The van der Waals surface area contributed by atoms with E-state index in [-0.39, 0.29) is 5.78 Å². The minimum Gasteiger partial charge on any atom is -0.293 e. The number of carbonyl (C=O) groups excluding carboxylic acids is 1. The fourth-order valence-electron chi connectivity index (χ4n) is 2.33. The smallest absolute Gasteiger partial charge is 0.208 e. The van der Waals surface area contributed by atoms with Crippen molar-refractivity contribution in [1.82, 2.24) is 4.72 Å². The van der Waals surface area contributed by atoms with E-state index in [1.165, 1.54) is 11.1 Å². The number of hydrogen-bond acceptors (Lipinski definition) is 4. The first kappa shape index (κ1) is 19.7. The molecule has 6 heteroatoms. The van der Waals surface area contributed by atoms with E-state index >= 15 is 0 Å². The van der Waals surface area contributed by atoms with Crippen molar-refractivity contribution < 1.29 is 13.2 Å². The summed E-state index contributed by atoms with van der Waals surface area (Å²) in [5, 5.41) is 0. The molecular weight excluding hydrogens is 354 g/mol. The highest BCUT2D eigenvalue weighted by atomic mass is 32.2. The molecule has 0 atom stereocenters. The number of thioether (sulfide) groups is 1. The van der Waals surface area contributed by atoms with Crippen LogP contribution in [0.15, 0.2) is 47.4 Å². The lowest BCUT2D eigenvalue weighted by Crippen LogP contribution is -2.24. The molecule has 2 aromatic rings. The second kappa shape index (κ2) is 8.65. The van der Waals surface area contributed by atoms with Crippen LogP contribution in [0.2, 0.25) is 0 Å². The summed E-state index contributed by atoms with van der Waals surface area (Å²) in [5.74, 6) is 0.492. The molecule has 4 nitrogen and oxygen atoms in total. The van der Waals surface area contributed by atoms with Crippen LogP contribution in [0.4, 0.5) is 0 Å². The molecule has 0 amide bonds. The van der Waals surface area contributed by atoms with Crippen LogP contribution in [-0.4, -0.2) is 32.8 Å². The highest BCUT2D eigenvalue weighted by Crippen LogP contribution is 2.24. The molecule has 0 radical (unpaired) electrons. The summed E-state index contributed by atoms with van der Waals surface area (Å²) in [5.41, 5.74) is 4.04. The molecule has 0 saturated heterocycles. The third-order valence-corrected chi connectivity index (χ3v) is 5.64. The van der Waals surface area contributed by atoms with Crippen LogP contribution in [0.3, 0.4) is 0 Å². The Morgan fingerprint density at radius 2 is 1.76 bits per heavy atom. The number of hydrogen-bond donors (Lipinski definition) is 1. The van der Waals surface area contributed by atoms with Crippen molar-refractivity contribution in [3.63, 3.8) is 0 Å². The molecule has 0 unspecified atom stereocenters. The van der Waals surface area contributed by atoms with E-state index in [9.17, 15) is 13.2 Å². The number of nitrogens with one attached hydrogen (secondary N) is 1. The van der Waals surface area contributed by atoms with Crippen molar-refractivity contribution in [3.8, 4) is 0 Å². The molecule has 0 aliphatic rings. The van der Waals surface area contributed by atoms with Crippen molar-refractivity contribution in [2.24, 2.45) is 0 Å². The first-order valence-corrected chi connectivity index (χ1v) is 10.9. The van der Waals surface area contributed by atoms with Gasteiger partial charge in [-0.25, -0.2) is 13.1 Å². The van der Waals surface area contributed by atoms with E-state index in [1.807, 2.05) is 38.1 Å². The van der Waals surface area contributed by atoms with Gasteiger partial charge in [0.25, 0.3) is 0 Å². The first-order chi connectivity index (χ1) is 11.7. The minimum atomic E-state index is -3.16. The van der Waals surface area contributed by atoms with Gasteiger partial charge in [0.05, 0.1) is 12.0 Å². The van der Waals surface area contributed by atoms with Gasteiger partial charge in [-0.2, -0.15) is 0 Å². The van der Waals surface area contributed by atoms with E-state index in [4.69, 9.17) is 0 Å². The van der Waals surface area contributed by atoms with Crippen LogP contribution in [0.25, 0.3) is 0 Å². The van der Waals surface area contributed by atoms with Gasteiger partial charge in [0.2, 0.25) is 10.0 Å². The molecule has 0 aromatic heterocycles. The average molecular weight is 378 g/mol. The molecule has 2 rings (SSSR count). The zero-order valence-corrected chi connectivity index (χ0v) is 16.3. The number of carbonyl (C=O) groups is 1. The van der Waals surface area contributed by atoms with Crippen molar-refractivity contribution >= 4 is 27.6 Å². The maximum absolute atomic E-state index is 12.4. The standard InChI is InChI=1S/C19H23NO3S2/c1-14-4-5-15(2)19(12-14)24-13-18(21)17-8-6-16(7-9-17)10-11-20-25(3,22)23/h4-9,12,20H,10-11,13H2,1-3H3. The minimum absolute atomic E-state index is 0.0896. The van der Waals surface area contributed by atoms with Crippen molar-refractivity contribution in [2.45, 2.75) is 25.2 Å². The Kier molecular flexibility index (Phi) is 6.81. The zero-order valence-electron chi connectivity index (χ0n) is 14.7. The summed E-state index contributed by atoms with van der Waals surface area (Å²) in [6.07, 6.45) is 1.74. The van der Waals surface area contributed by atoms with E-state index in [2.05, 4.69) is 22.9 Å². The maximum atomic E-state index is 12.4. The topological polar surface area (TPSA) is 63.2 Å². The Balaban J connectivity index is 1.90. The fourth-order valence-corrected chi connectivity index (χ4v) is 3.82. The fraction of sp³-hybridized carbons (Fsp3) is 0.316. The van der Waals surface area contributed by atoms with Crippen LogP contribution in [0.5, 0.6) is 0 Å². The van der Waals surface area contributed by atoms with Crippen molar-refractivity contribution in [1.29, 1.82) is 0 Å². The normalized spacial score (nSPS) is 11.5. The Morgan fingerprint density at radius 1 is 1.08 bits per heavy atom. The number of aryl methyl sites for hydroxylation is 2. The van der Waals surface area contributed by atoms with Gasteiger partial charge in [-0.3, -0.25) is 4.79 Å². The molecule has 134 valence electrons. The summed E-state index contributed by atoms with van der Waals surface area (Å²) in [6.45, 7) is 4.45. The van der Waals surface area contributed by atoms with Crippen LogP contribution in [0.1, 0.15) is 27.0 Å². The highest BCUT2D eigenvalue weighted by molar-refractivity contribution is 8.00. The number of ketones is 1. The van der Waals surface area contributed by atoms with E-state index in [0.29, 0.717) is 24.3 Å². The molecule has 0 heterocycles. The predicted octanol–water partition coefficient (Wildman–Crippen LogP) is 3.37. The molecule has 0 fully saturated rings. The van der Waals surface area contributed by atoms with Gasteiger partial charge in [-0.05, 0) is 37.5 Å². The molecule has 25 heavy (non-hydrogen) atoms. The molecule has 0 spiro atoms. The number of rotatable bonds is 8. The monoisotopic (exact) mass is 377 g/mol. The summed E-state index contributed by atoms with van der Waals surface area (Å²) in [4.78, 5) is 13.5. The van der Waals surface area contributed by atoms with E-state index in [0.717, 1.165) is 16.7 Å². The van der Waals surface area contributed by atoms with Gasteiger partial charge < -0.3 is 0 Å². The molecule has 0 saturated carbocycles. The molecule has 0 aliphatic heterocycles. The molecule has 1 N–H and O–H groups in total. The Labute approximate surface area is 154 Å². The quantitative estimate of drug-likeness (QED) is 0.566. The second-order valence-electron chi connectivity index (χ2n) is 6.09. The number of Topliss-reactive ketones (excluding diaryl/α,β-unsaturated/α-hetero) is 1. The van der Waals surface area contributed by atoms with Crippen molar-refractivity contribution in [3.05, 3.63) is 64.7 Å². The van der Waals surface area contributed by atoms with Crippen LogP contribution in [0, 0.1) is 13.8 Å². The first-order valence-electron chi connectivity index (χ1n) is 8.01. The largest absolute Gasteiger partial charge is 0.293 e. The van der Waals surface area contributed by atoms with E-state index in [1.54, 1.807) is 11.8 Å². The van der Waals surface area contributed by atoms with Gasteiger partial charge in [0.1, 0.15) is 0 Å². The SMILES string of the molecule is Cc1ccc(C)c(SCC(=O)c2ccc(CCNS(C)(=O)=O)cc2)c1. The second-order valence-corrected chi connectivity index (χ2v) is 8.94. The molecule has 0 aliphatic carbocycles. The van der Waals surface area contributed by atoms with Crippen molar-refractivity contribution in [2.75, 3.05) is 18.6 Å². The number of sulfonamides is 1. The van der Waals surface area contributed by atoms with Crippen LogP contribution >= 0.6 is 11.8 Å². The number of benzene rings is 2. The highest BCUT2D eigenvalue weighted by Gasteiger charge is 2.08. The summed E-state index contributed by atoms with van der Waals surface area (Å²) in [7, 11) is -3.16. The van der Waals surface area contributed by atoms with Crippen LogP contribution < -0.4 is 4.72 Å². The van der Waals surface area contributed by atoms with Gasteiger partial charge >= 0.3 is 0 Å². The molecule has 2 aromatic carbocycles. The zero-order chi connectivity index (χ0) is 18.4.